The Labute approximate surface area is 176 Å². The van der Waals surface area contributed by atoms with Crippen LogP contribution in [0, 0.1) is 5.92 Å². The summed E-state index contributed by atoms with van der Waals surface area (Å²) in [5.74, 6) is 1.61. The van der Waals surface area contributed by atoms with E-state index in [1.165, 1.54) is 5.01 Å². The summed E-state index contributed by atoms with van der Waals surface area (Å²) < 4.78 is 11.6. The van der Waals surface area contributed by atoms with Crippen LogP contribution in [0.3, 0.4) is 0 Å². The molecular weight excluding hydrogens is 388 g/mol. The molecule has 0 spiro atoms. The summed E-state index contributed by atoms with van der Waals surface area (Å²) in [6, 6.07) is 12.7. The Bertz CT molecular complexity index is 949. The molecule has 1 aliphatic rings. The van der Waals surface area contributed by atoms with Crippen LogP contribution in [0.5, 0.6) is 11.5 Å². The summed E-state index contributed by atoms with van der Waals surface area (Å²) in [5, 5.41) is 6.41. The fourth-order valence-corrected chi connectivity index (χ4v) is 2.99. The van der Waals surface area contributed by atoms with Crippen LogP contribution < -0.4 is 14.5 Å². The van der Waals surface area contributed by atoms with Gasteiger partial charge in [-0.2, -0.15) is 10.1 Å². The average molecular weight is 413 g/mol. The van der Waals surface area contributed by atoms with Crippen LogP contribution in [0.2, 0.25) is 5.02 Å². The Morgan fingerprint density at radius 1 is 1.10 bits per heavy atom. The predicted molar refractivity (Wildman–Crippen MR) is 118 cm³/mol. The number of halogens is 1. The number of hydrogen-bond donors (Lipinski definition) is 0. The first kappa shape index (κ1) is 20.9. The van der Waals surface area contributed by atoms with Gasteiger partial charge in [-0.05, 0) is 67.8 Å². The summed E-state index contributed by atoms with van der Waals surface area (Å²) in [6.07, 6.45) is 1.83. The molecule has 6 heteroatoms. The molecule has 0 unspecified atom stereocenters. The highest BCUT2D eigenvalue weighted by molar-refractivity contribution is 6.32. The molecule has 5 nitrogen and oxygen atoms in total. The second kappa shape index (κ2) is 9.14. The molecule has 0 saturated carbocycles. The van der Waals surface area contributed by atoms with Crippen molar-refractivity contribution in [3.05, 3.63) is 58.6 Å². The fourth-order valence-electron chi connectivity index (χ4n) is 2.87. The average Bonchev–Trinajstić information content (AvgIpc) is 2.96. The Kier molecular flexibility index (Phi) is 6.60. The molecule has 0 saturated heterocycles. The van der Waals surface area contributed by atoms with Gasteiger partial charge in [0.05, 0.1) is 30.2 Å². The molecule has 0 radical (unpaired) electrons. The van der Waals surface area contributed by atoms with Gasteiger partial charge in [0.1, 0.15) is 0 Å². The van der Waals surface area contributed by atoms with E-state index in [2.05, 4.69) is 18.9 Å². The first-order chi connectivity index (χ1) is 13.9. The fraction of sp³-hybridized carbons (Fsp3) is 0.304. The van der Waals surface area contributed by atoms with E-state index in [4.69, 9.17) is 21.1 Å². The molecule has 0 bridgehead atoms. The van der Waals surface area contributed by atoms with Gasteiger partial charge < -0.3 is 9.47 Å². The largest absolute Gasteiger partial charge is 0.490 e. The zero-order valence-corrected chi connectivity index (χ0v) is 17.9. The van der Waals surface area contributed by atoms with E-state index >= 15 is 0 Å². The lowest BCUT2D eigenvalue weighted by Crippen LogP contribution is -2.21. The van der Waals surface area contributed by atoms with Crippen LogP contribution >= 0.6 is 11.6 Å². The van der Waals surface area contributed by atoms with Crippen molar-refractivity contribution in [3.8, 4) is 11.5 Å². The molecule has 3 rings (SSSR count). The van der Waals surface area contributed by atoms with Crippen molar-refractivity contribution < 1.29 is 14.3 Å². The number of carbonyl (C=O) groups excluding carboxylic acids is 1. The molecule has 2 aromatic carbocycles. The summed E-state index contributed by atoms with van der Waals surface area (Å²) in [4.78, 5) is 12.9. The van der Waals surface area contributed by atoms with Crippen LogP contribution in [0.25, 0.3) is 6.08 Å². The van der Waals surface area contributed by atoms with E-state index < -0.39 is 0 Å². The molecule has 0 aliphatic carbocycles. The van der Waals surface area contributed by atoms with E-state index in [0.29, 0.717) is 52.6 Å². The van der Waals surface area contributed by atoms with Crippen molar-refractivity contribution >= 4 is 35.0 Å². The van der Waals surface area contributed by atoms with E-state index in [0.717, 1.165) is 5.56 Å². The number of anilines is 1. The smallest absolute Gasteiger partial charge is 0.280 e. The predicted octanol–water partition coefficient (Wildman–Crippen LogP) is 5.58. The second-order valence-electron chi connectivity index (χ2n) is 7.18. The zero-order valence-electron chi connectivity index (χ0n) is 17.1. The highest BCUT2D eigenvalue weighted by Gasteiger charge is 2.28. The van der Waals surface area contributed by atoms with Crippen molar-refractivity contribution in [2.24, 2.45) is 11.0 Å². The van der Waals surface area contributed by atoms with Crippen molar-refractivity contribution in [1.29, 1.82) is 0 Å². The van der Waals surface area contributed by atoms with Gasteiger partial charge in [-0.3, -0.25) is 4.79 Å². The molecule has 1 heterocycles. The molecule has 29 heavy (non-hydrogen) atoms. The Morgan fingerprint density at radius 2 is 1.83 bits per heavy atom. The van der Waals surface area contributed by atoms with Crippen molar-refractivity contribution in [3.63, 3.8) is 0 Å². The van der Waals surface area contributed by atoms with Crippen molar-refractivity contribution in [1.82, 2.24) is 0 Å². The number of benzene rings is 2. The monoisotopic (exact) mass is 412 g/mol. The zero-order chi connectivity index (χ0) is 21.0. The standard InChI is InChI=1S/C23H25ClN2O3/c1-5-28-22-13-17(6-11-21(22)29-14-15(2)3)12-20-16(4)25-26(23(20)27)19-9-7-18(24)8-10-19/h6-13,15H,5,14H2,1-4H3. The minimum Gasteiger partial charge on any atom is -0.490 e. The summed E-state index contributed by atoms with van der Waals surface area (Å²) in [5.41, 5.74) is 2.72. The molecular formula is C23H25ClN2O3. The summed E-state index contributed by atoms with van der Waals surface area (Å²) in [6.45, 7) is 9.09. The maximum atomic E-state index is 12.9. The topological polar surface area (TPSA) is 51.1 Å². The first-order valence-electron chi connectivity index (χ1n) is 9.66. The molecule has 1 amide bonds. The van der Waals surface area contributed by atoms with Crippen LogP contribution in [-0.2, 0) is 4.79 Å². The maximum absolute atomic E-state index is 12.9. The Morgan fingerprint density at radius 3 is 2.48 bits per heavy atom. The number of ether oxygens (including phenoxy) is 2. The Hall–Kier alpha value is -2.79. The van der Waals surface area contributed by atoms with Crippen molar-refractivity contribution in [2.45, 2.75) is 27.7 Å². The van der Waals surface area contributed by atoms with Gasteiger partial charge >= 0.3 is 0 Å². The van der Waals surface area contributed by atoms with E-state index in [9.17, 15) is 4.79 Å². The van der Waals surface area contributed by atoms with Crippen LogP contribution in [0.4, 0.5) is 5.69 Å². The minimum absolute atomic E-state index is 0.178. The van der Waals surface area contributed by atoms with Crippen molar-refractivity contribution in [2.75, 3.05) is 18.2 Å². The van der Waals surface area contributed by atoms with E-state index in [1.54, 1.807) is 24.3 Å². The lowest BCUT2D eigenvalue weighted by Gasteiger charge is -2.14. The molecule has 0 N–H and O–H groups in total. The SMILES string of the molecule is CCOc1cc(C=C2C(=O)N(c3ccc(Cl)cc3)N=C2C)ccc1OCC(C)C. The Balaban J connectivity index is 1.87. The lowest BCUT2D eigenvalue weighted by atomic mass is 10.1. The van der Waals surface area contributed by atoms with Gasteiger partial charge in [0.2, 0.25) is 0 Å². The molecule has 1 aliphatic heterocycles. The summed E-state index contributed by atoms with van der Waals surface area (Å²) in [7, 11) is 0. The first-order valence-corrected chi connectivity index (χ1v) is 10.0. The maximum Gasteiger partial charge on any atom is 0.280 e. The normalized spacial score (nSPS) is 15.2. The summed E-state index contributed by atoms with van der Waals surface area (Å²) >= 11 is 5.94. The number of amides is 1. The number of carbonyl (C=O) groups is 1. The van der Waals surface area contributed by atoms with Gasteiger partial charge in [0.15, 0.2) is 11.5 Å². The van der Waals surface area contributed by atoms with Crippen LogP contribution in [-0.4, -0.2) is 24.8 Å². The van der Waals surface area contributed by atoms with E-state index in [-0.39, 0.29) is 5.91 Å². The quantitative estimate of drug-likeness (QED) is 0.558. The third-order valence-electron chi connectivity index (χ3n) is 4.28. The lowest BCUT2D eigenvalue weighted by molar-refractivity contribution is -0.114. The van der Waals surface area contributed by atoms with Crippen LogP contribution in [0.1, 0.15) is 33.3 Å². The number of hydrogen-bond acceptors (Lipinski definition) is 4. The molecule has 2 aromatic rings. The number of nitrogens with zero attached hydrogens (tertiary/aromatic N) is 2. The van der Waals surface area contributed by atoms with Gasteiger partial charge in [0.25, 0.3) is 5.91 Å². The van der Waals surface area contributed by atoms with E-state index in [1.807, 2.05) is 38.1 Å². The van der Waals surface area contributed by atoms with Gasteiger partial charge in [0, 0.05) is 5.02 Å². The highest BCUT2D eigenvalue weighted by Crippen LogP contribution is 2.31. The highest BCUT2D eigenvalue weighted by atomic mass is 35.5. The van der Waals surface area contributed by atoms with Gasteiger partial charge in [-0.15, -0.1) is 0 Å². The second-order valence-corrected chi connectivity index (χ2v) is 7.62. The third-order valence-corrected chi connectivity index (χ3v) is 4.54. The number of rotatable bonds is 7. The van der Waals surface area contributed by atoms with Gasteiger partial charge in [-0.25, -0.2) is 0 Å². The van der Waals surface area contributed by atoms with Crippen LogP contribution in [0.15, 0.2) is 53.1 Å². The van der Waals surface area contributed by atoms with Gasteiger partial charge in [-0.1, -0.05) is 31.5 Å². The number of hydrazone groups is 1. The molecule has 0 aromatic heterocycles. The minimum atomic E-state index is -0.178. The third kappa shape index (κ3) is 4.98. The molecule has 0 atom stereocenters. The molecule has 0 fully saturated rings. The molecule has 152 valence electrons.